The van der Waals surface area contributed by atoms with E-state index in [1.807, 2.05) is 37.3 Å². The molecule has 0 aliphatic carbocycles. The van der Waals surface area contributed by atoms with Gasteiger partial charge >= 0.3 is 0 Å². The van der Waals surface area contributed by atoms with E-state index < -0.39 is 28.5 Å². The summed E-state index contributed by atoms with van der Waals surface area (Å²) in [5, 5.41) is 3.07. The molecule has 2 rings (SSSR count). The lowest BCUT2D eigenvalue weighted by Gasteiger charge is -2.33. The zero-order chi connectivity index (χ0) is 25.3. The molecule has 1 atom stereocenters. The van der Waals surface area contributed by atoms with Crippen LogP contribution in [0.5, 0.6) is 5.75 Å². The summed E-state index contributed by atoms with van der Waals surface area (Å²) in [6.07, 6.45) is 1.91. The van der Waals surface area contributed by atoms with Crippen LogP contribution in [0.1, 0.15) is 25.8 Å². The molecule has 2 aromatic carbocycles. The molecule has 0 aliphatic heterocycles. The standard InChI is InChI=1S/C24H32ClN3O5S/c1-5-20(24(30)26-6-2)27(15-14-18-10-8-7-9-11-18)23(29)17-28(34(4,31)32)21-16-19(25)12-13-22(21)33-3/h7-13,16,20H,5-6,14-15,17H2,1-4H3,(H,26,30)/t20-/m0/s1. The van der Waals surface area contributed by atoms with Crippen molar-refractivity contribution < 1.29 is 22.7 Å². The van der Waals surface area contributed by atoms with Crippen molar-refractivity contribution >= 4 is 39.1 Å². The van der Waals surface area contributed by atoms with Gasteiger partial charge in [-0.2, -0.15) is 0 Å². The van der Waals surface area contributed by atoms with Gasteiger partial charge in [0.1, 0.15) is 18.3 Å². The Morgan fingerprint density at radius 1 is 1.12 bits per heavy atom. The van der Waals surface area contributed by atoms with Gasteiger partial charge < -0.3 is 15.0 Å². The zero-order valence-electron chi connectivity index (χ0n) is 20.0. The Morgan fingerprint density at radius 3 is 2.35 bits per heavy atom. The van der Waals surface area contributed by atoms with E-state index >= 15 is 0 Å². The summed E-state index contributed by atoms with van der Waals surface area (Å²) in [5.41, 5.74) is 1.16. The first kappa shape index (κ1) is 27.5. The van der Waals surface area contributed by atoms with Crippen LogP contribution in [-0.2, 0) is 26.0 Å². The van der Waals surface area contributed by atoms with Crippen molar-refractivity contribution in [3.8, 4) is 5.75 Å². The fraction of sp³-hybridized carbons (Fsp3) is 0.417. The molecule has 10 heteroatoms. The highest BCUT2D eigenvalue weighted by atomic mass is 35.5. The normalized spacial score (nSPS) is 12.0. The molecule has 8 nitrogen and oxygen atoms in total. The lowest BCUT2D eigenvalue weighted by Crippen LogP contribution is -2.53. The maximum Gasteiger partial charge on any atom is 0.244 e. The number of nitrogens with one attached hydrogen (secondary N) is 1. The van der Waals surface area contributed by atoms with E-state index in [2.05, 4.69) is 5.32 Å². The smallest absolute Gasteiger partial charge is 0.244 e. The molecule has 0 unspecified atom stereocenters. The number of anilines is 1. The van der Waals surface area contributed by atoms with Crippen LogP contribution in [0.2, 0.25) is 5.02 Å². The lowest BCUT2D eigenvalue weighted by molar-refractivity contribution is -0.139. The molecular weight excluding hydrogens is 478 g/mol. The third-order valence-corrected chi connectivity index (χ3v) is 6.67. The first-order valence-corrected chi connectivity index (χ1v) is 13.3. The Kier molecular flexibility index (Phi) is 10.2. The van der Waals surface area contributed by atoms with Crippen molar-refractivity contribution in [2.75, 3.05) is 37.3 Å². The van der Waals surface area contributed by atoms with Gasteiger partial charge in [0.05, 0.1) is 19.1 Å². The number of hydrogen-bond donors (Lipinski definition) is 1. The molecule has 0 heterocycles. The molecule has 0 spiro atoms. The summed E-state index contributed by atoms with van der Waals surface area (Å²) >= 11 is 6.11. The second-order valence-corrected chi connectivity index (χ2v) is 10.1. The summed E-state index contributed by atoms with van der Waals surface area (Å²) in [5.74, 6) is -0.520. The molecular formula is C24H32ClN3O5S. The summed E-state index contributed by atoms with van der Waals surface area (Å²) in [6, 6.07) is 13.4. The molecule has 0 fully saturated rings. The average molecular weight is 510 g/mol. The Labute approximate surface area is 206 Å². The van der Waals surface area contributed by atoms with Crippen molar-refractivity contribution in [2.24, 2.45) is 0 Å². The third-order valence-electron chi connectivity index (χ3n) is 5.31. The summed E-state index contributed by atoms with van der Waals surface area (Å²) < 4.78 is 31.7. The summed E-state index contributed by atoms with van der Waals surface area (Å²) in [7, 11) is -2.47. The molecule has 186 valence electrons. The number of nitrogens with zero attached hydrogens (tertiary/aromatic N) is 2. The van der Waals surface area contributed by atoms with Gasteiger partial charge in [-0.15, -0.1) is 0 Å². The molecule has 0 radical (unpaired) electrons. The number of ether oxygens (including phenoxy) is 1. The number of halogens is 1. The van der Waals surface area contributed by atoms with Crippen LogP contribution in [0.25, 0.3) is 0 Å². The van der Waals surface area contributed by atoms with Crippen molar-refractivity contribution in [1.29, 1.82) is 0 Å². The summed E-state index contributed by atoms with van der Waals surface area (Å²) in [4.78, 5) is 27.8. The molecule has 0 saturated heterocycles. The van der Waals surface area contributed by atoms with E-state index in [9.17, 15) is 18.0 Å². The average Bonchev–Trinajstić information content (AvgIpc) is 2.80. The number of benzene rings is 2. The number of hydrogen-bond acceptors (Lipinski definition) is 5. The van der Waals surface area contributed by atoms with Gasteiger partial charge in [-0.3, -0.25) is 13.9 Å². The maximum absolute atomic E-state index is 13.6. The molecule has 0 bridgehead atoms. The Morgan fingerprint density at radius 2 is 1.79 bits per heavy atom. The van der Waals surface area contributed by atoms with Crippen molar-refractivity contribution in [3.63, 3.8) is 0 Å². The van der Waals surface area contributed by atoms with Crippen LogP contribution < -0.4 is 14.4 Å². The van der Waals surface area contributed by atoms with Gasteiger partial charge in [0.15, 0.2) is 0 Å². The minimum Gasteiger partial charge on any atom is -0.495 e. The van der Waals surface area contributed by atoms with Gasteiger partial charge in [0, 0.05) is 18.1 Å². The van der Waals surface area contributed by atoms with E-state index in [0.717, 1.165) is 16.1 Å². The van der Waals surface area contributed by atoms with Gasteiger partial charge in [0.25, 0.3) is 0 Å². The predicted molar refractivity (Wildman–Crippen MR) is 135 cm³/mol. The van der Waals surface area contributed by atoms with Crippen molar-refractivity contribution in [1.82, 2.24) is 10.2 Å². The van der Waals surface area contributed by atoms with E-state index in [1.165, 1.54) is 24.1 Å². The first-order chi connectivity index (χ1) is 16.1. The molecule has 2 amide bonds. The second-order valence-electron chi connectivity index (χ2n) is 7.73. The molecule has 0 saturated carbocycles. The van der Waals surface area contributed by atoms with Crippen LogP contribution in [0, 0.1) is 0 Å². The number of carbonyl (C=O) groups is 2. The molecule has 2 aromatic rings. The fourth-order valence-corrected chi connectivity index (χ4v) is 4.65. The fourth-order valence-electron chi connectivity index (χ4n) is 3.64. The van der Waals surface area contributed by atoms with E-state index in [-0.39, 0.29) is 23.9 Å². The predicted octanol–water partition coefficient (Wildman–Crippen LogP) is 3.10. The maximum atomic E-state index is 13.6. The highest BCUT2D eigenvalue weighted by molar-refractivity contribution is 7.92. The molecule has 0 aliphatic rings. The van der Waals surface area contributed by atoms with Gasteiger partial charge in [0.2, 0.25) is 21.8 Å². The number of likely N-dealkylation sites (N-methyl/N-ethyl adjacent to an activating group) is 1. The van der Waals surface area contributed by atoms with E-state index in [4.69, 9.17) is 16.3 Å². The number of methoxy groups -OCH3 is 1. The second kappa shape index (κ2) is 12.6. The Balaban J connectivity index is 2.42. The molecule has 1 N–H and O–H groups in total. The first-order valence-electron chi connectivity index (χ1n) is 11.0. The van der Waals surface area contributed by atoms with Crippen LogP contribution in [0.15, 0.2) is 48.5 Å². The van der Waals surface area contributed by atoms with E-state index in [0.29, 0.717) is 24.4 Å². The summed E-state index contributed by atoms with van der Waals surface area (Å²) in [6.45, 7) is 3.79. The van der Waals surface area contributed by atoms with Gasteiger partial charge in [-0.05, 0) is 43.5 Å². The number of carbonyl (C=O) groups excluding carboxylic acids is 2. The zero-order valence-corrected chi connectivity index (χ0v) is 21.5. The number of amides is 2. The minimum atomic E-state index is -3.88. The Hall–Kier alpha value is -2.78. The van der Waals surface area contributed by atoms with E-state index in [1.54, 1.807) is 13.0 Å². The third kappa shape index (κ3) is 7.36. The highest BCUT2D eigenvalue weighted by Crippen LogP contribution is 2.33. The number of sulfonamides is 1. The van der Waals surface area contributed by atoms with Gasteiger partial charge in [-0.25, -0.2) is 8.42 Å². The highest BCUT2D eigenvalue weighted by Gasteiger charge is 2.32. The van der Waals surface area contributed by atoms with Crippen LogP contribution in [0.4, 0.5) is 5.69 Å². The molecule has 34 heavy (non-hydrogen) atoms. The van der Waals surface area contributed by atoms with Crippen LogP contribution in [-0.4, -0.2) is 64.2 Å². The van der Waals surface area contributed by atoms with Crippen molar-refractivity contribution in [2.45, 2.75) is 32.7 Å². The largest absolute Gasteiger partial charge is 0.495 e. The number of rotatable bonds is 12. The van der Waals surface area contributed by atoms with Crippen LogP contribution in [0.3, 0.4) is 0 Å². The quantitative estimate of drug-likeness (QED) is 0.474. The van der Waals surface area contributed by atoms with Crippen molar-refractivity contribution in [3.05, 3.63) is 59.1 Å². The lowest BCUT2D eigenvalue weighted by atomic mass is 10.1. The minimum absolute atomic E-state index is 0.153. The SMILES string of the molecule is CCNC(=O)[C@H](CC)N(CCc1ccccc1)C(=O)CN(c1cc(Cl)ccc1OC)S(C)(=O)=O. The topological polar surface area (TPSA) is 96.0 Å². The monoisotopic (exact) mass is 509 g/mol. The Bertz CT molecular complexity index is 1080. The van der Waals surface area contributed by atoms with Gasteiger partial charge in [-0.1, -0.05) is 48.9 Å². The van der Waals surface area contributed by atoms with Crippen LogP contribution >= 0.6 is 11.6 Å². The molecule has 0 aromatic heterocycles.